The monoisotopic (exact) mass is 433 g/mol. The van der Waals surface area contributed by atoms with E-state index in [0.717, 1.165) is 37.6 Å². The minimum absolute atomic E-state index is 0. The van der Waals surface area contributed by atoms with Gasteiger partial charge >= 0.3 is 0 Å². The Morgan fingerprint density at radius 3 is 2.83 bits per heavy atom. The lowest BCUT2D eigenvalue weighted by atomic mass is 9.96. The van der Waals surface area contributed by atoms with Crippen molar-refractivity contribution in [1.29, 1.82) is 0 Å². The average molecular weight is 433 g/mol. The Labute approximate surface area is 155 Å². The predicted octanol–water partition coefficient (Wildman–Crippen LogP) is 1.99. The number of aliphatic imine (C=N–C) groups is 1. The molecule has 0 radical (unpaired) electrons. The number of aromatic nitrogens is 2. The van der Waals surface area contributed by atoms with Crippen LogP contribution in [-0.2, 0) is 11.3 Å². The molecule has 0 aliphatic carbocycles. The zero-order chi connectivity index (χ0) is 15.5. The van der Waals surface area contributed by atoms with Crippen molar-refractivity contribution in [2.45, 2.75) is 64.3 Å². The molecular weight excluding hydrogens is 405 g/mol. The van der Waals surface area contributed by atoms with Crippen LogP contribution in [0.4, 0.5) is 0 Å². The highest BCUT2D eigenvalue weighted by molar-refractivity contribution is 14.0. The molecule has 6 nitrogen and oxygen atoms in total. The number of halogens is 1. The summed E-state index contributed by atoms with van der Waals surface area (Å²) >= 11 is 0. The molecule has 0 aromatic carbocycles. The summed E-state index contributed by atoms with van der Waals surface area (Å²) < 4.78 is 7.94. The van der Waals surface area contributed by atoms with Gasteiger partial charge in [-0.05, 0) is 45.6 Å². The summed E-state index contributed by atoms with van der Waals surface area (Å²) in [5, 5.41) is 11.4. The molecule has 3 heterocycles. The van der Waals surface area contributed by atoms with Crippen molar-refractivity contribution in [1.82, 2.24) is 20.4 Å². The van der Waals surface area contributed by atoms with E-state index in [1.165, 1.54) is 18.5 Å². The Morgan fingerprint density at radius 2 is 2.26 bits per heavy atom. The van der Waals surface area contributed by atoms with Crippen LogP contribution in [-0.4, -0.2) is 47.6 Å². The summed E-state index contributed by atoms with van der Waals surface area (Å²) in [6, 6.07) is 2.53. The second kappa shape index (κ2) is 8.32. The Kier molecular flexibility index (Phi) is 6.70. The zero-order valence-electron chi connectivity index (χ0n) is 14.2. The minimum Gasteiger partial charge on any atom is -0.373 e. The minimum atomic E-state index is 0. The molecule has 0 spiro atoms. The Hall–Kier alpha value is -0.830. The standard InChI is InChI=1S/C16H27N5O.HI/c1-11-9-12(2)21(20-11)8-4-7-18-16(17-3)19-14-10-13-5-6-15(14)22-13;/h9,13-15H,4-8,10H2,1-3H3,(H2,17,18,19);1H. The zero-order valence-corrected chi connectivity index (χ0v) is 16.5. The third kappa shape index (κ3) is 4.59. The lowest BCUT2D eigenvalue weighted by molar-refractivity contribution is 0.0992. The van der Waals surface area contributed by atoms with Crippen LogP contribution in [0.1, 0.15) is 37.1 Å². The Balaban J connectivity index is 0.00000192. The maximum absolute atomic E-state index is 5.87. The SMILES string of the molecule is CN=C(NCCCn1nc(C)cc1C)NC1CC2CCC1O2.I. The molecule has 2 bridgehead atoms. The summed E-state index contributed by atoms with van der Waals surface area (Å²) in [6.07, 6.45) is 5.37. The van der Waals surface area contributed by atoms with Gasteiger partial charge in [-0.25, -0.2) is 0 Å². The number of nitrogens with zero attached hydrogens (tertiary/aromatic N) is 3. The van der Waals surface area contributed by atoms with Crippen molar-refractivity contribution in [2.75, 3.05) is 13.6 Å². The van der Waals surface area contributed by atoms with Crippen molar-refractivity contribution in [3.63, 3.8) is 0 Å². The second-order valence-electron chi connectivity index (χ2n) is 6.36. The molecule has 2 N–H and O–H groups in total. The van der Waals surface area contributed by atoms with Crippen LogP contribution in [0.2, 0.25) is 0 Å². The van der Waals surface area contributed by atoms with Crippen molar-refractivity contribution in [2.24, 2.45) is 4.99 Å². The van der Waals surface area contributed by atoms with Crippen molar-refractivity contribution in [3.8, 4) is 0 Å². The summed E-state index contributed by atoms with van der Waals surface area (Å²) in [5.74, 6) is 0.884. The Bertz CT molecular complexity index is 545. The van der Waals surface area contributed by atoms with Gasteiger partial charge in [-0.15, -0.1) is 24.0 Å². The first-order valence-corrected chi connectivity index (χ1v) is 8.29. The Morgan fingerprint density at radius 1 is 1.43 bits per heavy atom. The van der Waals surface area contributed by atoms with E-state index in [2.05, 4.69) is 38.4 Å². The van der Waals surface area contributed by atoms with Gasteiger partial charge < -0.3 is 15.4 Å². The highest BCUT2D eigenvalue weighted by atomic mass is 127. The van der Waals surface area contributed by atoms with E-state index < -0.39 is 0 Å². The molecule has 1 aromatic rings. The second-order valence-corrected chi connectivity index (χ2v) is 6.36. The quantitative estimate of drug-likeness (QED) is 0.323. The van der Waals surface area contributed by atoms with Gasteiger partial charge in [0.15, 0.2) is 5.96 Å². The third-order valence-electron chi connectivity index (χ3n) is 4.59. The first-order valence-electron chi connectivity index (χ1n) is 8.29. The van der Waals surface area contributed by atoms with Gasteiger partial charge in [0.1, 0.15) is 0 Å². The van der Waals surface area contributed by atoms with Crippen LogP contribution >= 0.6 is 24.0 Å². The van der Waals surface area contributed by atoms with Crippen molar-refractivity contribution in [3.05, 3.63) is 17.5 Å². The molecule has 2 aliphatic rings. The average Bonchev–Trinajstić information content (AvgIpc) is 3.18. The van der Waals surface area contributed by atoms with E-state index in [1.807, 2.05) is 14.0 Å². The molecule has 23 heavy (non-hydrogen) atoms. The first kappa shape index (κ1) is 18.5. The van der Waals surface area contributed by atoms with Crippen molar-refractivity contribution >= 4 is 29.9 Å². The number of aryl methyl sites for hydroxylation is 3. The highest BCUT2D eigenvalue weighted by Crippen LogP contribution is 2.34. The lowest BCUT2D eigenvalue weighted by Gasteiger charge is -2.22. The predicted molar refractivity (Wildman–Crippen MR) is 103 cm³/mol. The number of hydrogen-bond acceptors (Lipinski definition) is 3. The maximum Gasteiger partial charge on any atom is 0.191 e. The van der Waals surface area contributed by atoms with E-state index in [-0.39, 0.29) is 24.0 Å². The summed E-state index contributed by atoms with van der Waals surface area (Å²) in [5.41, 5.74) is 2.30. The number of guanidine groups is 1. The number of rotatable bonds is 5. The number of fused-ring (bicyclic) bond motifs is 2. The van der Waals surface area contributed by atoms with E-state index >= 15 is 0 Å². The molecule has 3 atom stereocenters. The molecular formula is C16H28IN5O. The molecule has 0 amide bonds. The van der Waals surface area contributed by atoms with E-state index in [1.54, 1.807) is 0 Å². The topological polar surface area (TPSA) is 63.5 Å². The van der Waals surface area contributed by atoms with Crippen LogP contribution in [0.3, 0.4) is 0 Å². The molecule has 1 aromatic heterocycles. The molecule has 2 aliphatic heterocycles. The highest BCUT2D eigenvalue weighted by Gasteiger charge is 2.41. The number of ether oxygens (including phenoxy) is 1. The van der Waals surface area contributed by atoms with Crippen LogP contribution < -0.4 is 10.6 Å². The smallest absolute Gasteiger partial charge is 0.191 e. The van der Waals surface area contributed by atoms with E-state index in [9.17, 15) is 0 Å². The van der Waals surface area contributed by atoms with Gasteiger partial charge in [0.25, 0.3) is 0 Å². The summed E-state index contributed by atoms with van der Waals surface area (Å²) in [4.78, 5) is 4.32. The van der Waals surface area contributed by atoms with E-state index in [4.69, 9.17) is 4.74 Å². The van der Waals surface area contributed by atoms with Gasteiger partial charge in [-0.2, -0.15) is 5.10 Å². The summed E-state index contributed by atoms with van der Waals surface area (Å²) in [6.45, 7) is 5.95. The fourth-order valence-corrected chi connectivity index (χ4v) is 3.50. The van der Waals surface area contributed by atoms with Gasteiger partial charge in [0, 0.05) is 25.8 Å². The molecule has 0 saturated carbocycles. The van der Waals surface area contributed by atoms with Crippen LogP contribution in [0, 0.1) is 13.8 Å². The molecule has 3 unspecified atom stereocenters. The number of hydrogen-bond donors (Lipinski definition) is 2. The number of nitrogens with one attached hydrogen (secondary N) is 2. The maximum atomic E-state index is 5.87. The van der Waals surface area contributed by atoms with Crippen molar-refractivity contribution < 1.29 is 4.74 Å². The van der Waals surface area contributed by atoms with Crippen LogP contribution in [0.15, 0.2) is 11.1 Å². The largest absolute Gasteiger partial charge is 0.373 e. The third-order valence-corrected chi connectivity index (χ3v) is 4.59. The molecule has 7 heteroatoms. The van der Waals surface area contributed by atoms with Gasteiger partial charge in [0.05, 0.1) is 23.9 Å². The lowest BCUT2D eigenvalue weighted by Crippen LogP contribution is -2.47. The molecule has 3 rings (SSSR count). The fraction of sp³-hybridized carbons (Fsp3) is 0.750. The van der Waals surface area contributed by atoms with Gasteiger partial charge in [-0.3, -0.25) is 9.67 Å². The van der Waals surface area contributed by atoms with Crippen LogP contribution in [0.25, 0.3) is 0 Å². The molecule has 2 fully saturated rings. The molecule has 130 valence electrons. The first-order chi connectivity index (χ1) is 10.7. The fourth-order valence-electron chi connectivity index (χ4n) is 3.50. The summed E-state index contributed by atoms with van der Waals surface area (Å²) in [7, 11) is 1.82. The van der Waals surface area contributed by atoms with Gasteiger partial charge in [-0.1, -0.05) is 0 Å². The van der Waals surface area contributed by atoms with Crippen LogP contribution in [0.5, 0.6) is 0 Å². The normalized spacial score (nSPS) is 26.2. The van der Waals surface area contributed by atoms with Gasteiger partial charge in [0.2, 0.25) is 0 Å². The molecule has 2 saturated heterocycles. The van der Waals surface area contributed by atoms with E-state index in [0.29, 0.717) is 18.2 Å².